The molecule has 0 spiro atoms. The number of nitriles is 1. The highest BCUT2D eigenvalue weighted by molar-refractivity contribution is 6.32. The maximum absolute atomic E-state index is 11.3. The largest absolute Gasteiger partial charge is 0.465 e. The van der Waals surface area contributed by atoms with Gasteiger partial charge in [0.15, 0.2) is 0 Å². The lowest BCUT2D eigenvalue weighted by molar-refractivity contribution is 0.140. The molecule has 0 saturated carbocycles. The maximum atomic E-state index is 11.3. The van der Waals surface area contributed by atoms with E-state index < -0.39 is 6.09 Å². The number of carbonyl (C=O) groups is 1. The van der Waals surface area contributed by atoms with Crippen LogP contribution in [0.5, 0.6) is 0 Å². The number of aromatic nitrogens is 2. The Hall–Kier alpha value is -3.83. The fourth-order valence-corrected chi connectivity index (χ4v) is 4.63. The van der Waals surface area contributed by atoms with Crippen molar-refractivity contribution < 1.29 is 9.90 Å². The second kappa shape index (κ2) is 8.60. The summed E-state index contributed by atoms with van der Waals surface area (Å²) in [6.45, 7) is 2.31. The SMILES string of the molecule is N#Cc1ccc(N2CCc3c(ncnc3Nc3ccc4c(c3)CN(C(=O)O)CC4)C2)cc1Cl. The van der Waals surface area contributed by atoms with Gasteiger partial charge in [0.05, 0.1) is 22.8 Å². The molecule has 3 aromatic rings. The lowest BCUT2D eigenvalue weighted by Gasteiger charge is -2.31. The van der Waals surface area contributed by atoms with E-state index in [4.69, 9.17) is 16.9 Å². The van der Waals surface area contributed by atoms with Crippen LogP contribution in [-0.2, 0) is 25.9 Å². The molecule has 5 rings (SSSR count). The monoisotopic (exact) mass is 460 g/mol. The predicted octanol–water partition coefficient (Wildman–Crippen LogP) is 4.34. The van der Waals surface area contributed by atoms with E-state index in [2.05, 4.69) is 32.3 Å². The predicted molar refractivity (Wildman–Crippen MR) is 125 cm³/mol. The first-order chi connectivity index (χ1) is 16.0. The third kappa shape index (κ3) is 4.15. The molecule has 0 bridgehead atoms. The van der Waals surface area contributed by atoms with Gasteiger partial charge in [0, 0.05) is 36.6 Å². The molecule has 2 aromatic carbocycles. The van der Waals surface area contributed by atoms with Crippen LogP contribution in [0.3, 0.4) is 0 Å². The minimum absolute atomic E-state index is 0.393. The lowest BCUT2D eigenvalue weighted by atomic mass is 9.99. The molecule has 8 nitrogen and oxygen atoms in total. The molecule has 0 atom stereocenters. The number of hydrogen-bond donors (Lipinski definition) is 2. The highest BCUT2D eigenvalue weighted by atomic mass is 35.5. The molecule has 3 heterocycles. The first-order valence-electron chi connectivity index (χ1n) is 10.7. The molecule has 0 aliphatic carbocycles. The number of rotatable bonds is 3. The fraction of sp³-hybridized carbons (Fsp3) is 0.250. The summed E-state index contributed by atoms with van der Waals surface area (Å²) in [7, 11) is 0. The van der Waals surface area contributed by atoms with E-state index in [0.29, 0.717) is 30.2 Å². The Balaban J connectivity index is 1.36. The molecule has 0 fully saturated rings. The number of benzene rings is 2. The van der Waals surface area contributed by atoms with Crippen molar-refractivity contribution in [1.82, 2.24) is 14.9 Å². The minimum Gasteiger partial charge on any atom is -0.465 e. The van der Waals surface area contributed by atoms with Crippen molar-refractivity contribution in [2.24, 2.45) is 0 Å². The van der Waals surface area contributed by atoms with Gasteiger partial charge in [-0.05, 0) is 54.3 Å². The number of nitrogens with one attached hydrogen (secondary N) is 1. The van der Waals surface area contributed by atoms with Gasteiger partial charge in [0.1, 0.15) is 18.2 Å². The number of anilines is 3. The van der Waals surface area contributed by atoms with Crippen molar-refractivity contribution in [3.63, 3.8) is 0 Å². The van der Waals surface area contributed by atoms with E-state index in [0.717, 1.165) is 53.4 Å². The molecular formula is C24H21ClN6O2. The molecule has 1 amide bonds. The number of nitrogens with zero attached hydrogens (tertiary/aromatic N) is 5. The van der Waals surface area contributed by atoms with Crippen molar-refractivity contribution in [3.05, 3.63) is 75.7 Å². The zero-order chi connectivity index (χ0) is 22.9. The zero-order valence-electron chi connectivity index (χ0n) is 17.8. The van der Waals surface area contributed by atoms with Gasteiger partial charge in [0.25, 0.3) is 0 Å². The van der Waals surface area contributed by atoms with Gasteiger partial charge in [0.2, 0.25) is 0 Å². The summed E-state index contributed by atoms with van der Waals surface area (Å²) in [6.07, 6.45) is 2.14. The molecule has 1 aromatic heterocycles. The molecule has 9 heteroatoms. The van der Waals surface area contributed by atoms with Gasteiger partial charge in [-0.1, -0.05) is 17.7 Å². The van der Waals surface area contributed by atoms with Crippen molar-refractivity contribution in [2.45, 2.75) is 25.9 Å². The van der Waals surface area contributed by atoms with Crippen molar-refractivity contribution >= 4 is 34.9 Å². The third-order valence-electron chi connectivity index (χ3n) is 6.20. The number of halogens is 1. The smallest absolute Gasteiger partial charge is 0.407 e. The Bertz CT molecular complexity index is 1290. The van der Waals surface area contributed by atoms with Crippen LogP contribution in [-0.4, -0.2) is 39.2 Å². The van der Waals surface area contributed by atoms with Gasteiger partial charge in [-0.2, -0.15) is 5.26 Å². The lowest BCUT2D eigenvalue weighted by Crippen LogP contribution is -2.34. The van der Waals surface area contributed by atoms with Crippen molar-refractivity contribution in [1.29, 1.82) is 5.26 Å². The van der Waals surface area contributed by atoms with Crippen LogP contribution in [0.15, 0.2) is 42.7 Å². The first kappa shape index (κ1) is 21.0. The molecule has 2 N–H and O–H groups in total. The maximum Gasteiger partial charge on any atom is 0.407 e. The van der Waals surface area contributed by atoms with Crippen LogP contribution >= 0.6 is 11.6 Å². The molecule has 33 heavy (non-hydrogen) atoms. The summed E-state index contributed by atoms with van der Waals surface area (Å²) < 4.78 is 0. The quantitative estimate of drug-likeness (QED) is 0.598. The highest BCUT2D eigenvalue weighted by Crippen LogP contribution is 2.31. The van der Waals surface area contributed by atoms with Gasteiger partial charge in [-0.15, -0.1) is 0 Å². The Labute approximate surface area is 196 Å². The summed E-state index contributed by atoms with van der Waals surface area (Å²) in [5.41, 5.74) is 6.49. The second-order valence-corrected chi connectivity index (χ2v) is 8.56. The van der Waals surface area contributed by atoms with Gasteiger partial charge >= 0.3 is 6.09 Å². The van der Waals surface area contributed by atoms with Gasteiger partial charge in [-0.25, -0.2) is 14.8 Å². The minimum atomic E-state index is -0.892. The van der Waals surface area contributed by atoms with E-state index in [1.807, 2.05) is 24.3 Å². The van der Waals surface area contributed by atoms with E-state index in [1.54, 1.807) is 12.4 Å². The summed E-state index contributed by atoms with van der Waals surface area (Å²) in [5, 5.41) is 22.3. The summed E-state index contributed by atoms with van der Waals surface area (Å²) in [6, 6.07) is 13.6. The second-order valence-electron chi connectivity index (χ2n) is 8.16. The number of fused-ring (bicyclic) bond motifs is 2. The molecule has 0 radical (unpaired) electrons. The summed E-state index contributed by atoms with van der Waals surface area (Å²) >= 11 is 6.22. The van der Waals surface area contributed by atoms with Crippen LogP contribution in [0.25, 0.3) is 0 Å². The Morgan fingerprint density at radius 2 is 1.97 bits per heavy atom. The average molecular weight is 461 g/mol. The summed E-state index contributed by atoms with van der Waals surface area (Å²) in [4.78, 5) is 23.9. The Kier molecular flexibility index (Phi) is 5.48. The van der Waals surface area contributed by atoms with E-state index in [9.17, 15) is 9.90 Å². The molecule has 0 unspecified atom stereocenters. The fourth-order valence-electron chi connectivity index (χ4n) is 4.41. The molecule has 2 aliphatic rings. The summed E-state index contributed by atoms with van der Waals surface area (Å²) in [5.74, 6) is 0.767. The number of hydrogen-bond acceptors (Lipinski definition) is 6. The van der Waals surface area contributed by atoms with E-state index in [-0.39, 0.29) is 0 Å². The van der Waals surface area contributed by atoms with E-state index >= 15 is 0 Å². The molecular weight excluding hydrogens is 440 g/mol. The Morgan fingerprint density at radius 3 is 2.76 bits per heavy atom. The standard InChI is InChI=1S/C24H21ClN6O2/c25-21-10-19(4-2-16(21)11-26)30-8-6-20-22(13-30)27-14-28-23(20)29-18-3-1-15-5-7-31(24(32)33)12-17(15)9-18/h1-4,9-10,14H,5-8,12-13H2,(H,32,33)(H,27,28,29). The van der Waals surface area contributed by atoms with Crippen molar-refractivity contribution in [3.8, 4) is 6.07 Å². The van der Waals surface area contributed by atoms with Crippen molar-refractivity contribution in [2.75, 3.05) is 23.3 Å². The van der Waals surface area contributed by atoms with Gasteiger partial charge < -0.3 is 20.2 Å². The van der Waals surface area contributed by atoms with Crippen LogP contribution < -0.4 is 10.2 Å². The van der Waals surface area contributed by atoms with Crippen LogP contribution in [0.1, 0.15) is 27.9 Å². The van der Waals surface area contributed by atoms with Crippen LogP contribution in [0.2, 0.25) is 5.02 Å². The Morgan fingerprint density at radius 1 is 1.09 bits per heavy atom. The first-order valence-corrected chi connectivity index (χ1v) is 11.0. The molecule has 166 valence electrons. The van der Waals surface area contributed by atoms with E-state index in [1.165, 1.54) is 10.5 Å². The third-order valence-corrected chi connectivity index (χ3v) is 6.51. The van der Waals surface area contributed by atoms with Gasteiger partial charge in [-0.3, -0.25) is 0 Å². The number of carboxylic acid groups (broad SMARTS) is 1. The zero-order valence-corrected chi connectivity index (χ0v) is 18.5. The van der Waals surface area contributed by atoms with Crippen LogP contribution in [0.4, 0.5) is 22.0 Å². The topological polar surface area (TPSA) is 105 Å². The molecule has 0 saturated heterocycles. The highest BCUT2D eigenvalue weighted by Gasteiger charge is 2.23. The number of amides is 1. The normalized spacial score (nSPS) is 14.8. The van der Waals surface area contributed by atoms with Crippen LogP contribution in [0, 0.1) is 11.3 Å². The average Bonchev–Trinajstić information content (AvgIpc) is 2.83. The molecule has 2 aliphatic heterocycles.